The first-order valence-corrected chi connectivity index (χ1v) is 10.5. The third-order valence-corrected chi connectivity index (χ3v) is 4.76. The molecule has 0 nitrogen and oxygen atoms in total. The van der Waals surface area contributed by atoms with E-state index in [1.54, 1.807) is 0 Å². The van der Waals surface area contributed by atoms with Crippen molar-refractivity contribution in [3.05, 3.63) is 48.0 Å². The van der Waals surface area contributed by atoms with Crippen LogP contribution in [0.5, 0.6) is 0 Å². The van der Waals surface area contributed by atoms with Crippen LogP contribution in [0.1, 0.15) is 102 Å². The molecule has 0 fully saturated rings. The van der Waals surface area contributed by atoms with Crippen LogP contribution in [0.3, 0.4) is 0 Å². The Morgan fingerprint density at radius 3 is 1.75 bits per heavy atom. The van der Waals surface area contributed by atoms with Crippen LogP contribution in [0.15, 0.2) is 36.4 Å². The van der Waals surface area contributed by atoms with Gasteiger partial charge in [-0.25, -0.2) is 0 Å². The monoisotopic (exact) mass is 327 g/mol. The predicted octanol–water partition coefficient (Wildman–Crippen LogP) is 8.07. The molecule has 0 aliphatic heterocycles. The van der Waals surface area contributed by atoms with E-state index in [-0.39, 0.29) is 0 Å². The Morgan fingerprint density at radius 1 is 0.667 bits per heavy atom. The highest BCUT2D eigenvalue weighted by Gasteiger charge is 1.93. The lowest BCUT2D eigenvalue weighted by molar-refractivity contribution is 0.595. The van der Waals surface area contributed by atoms with E-state index < -0.39 is 0 Å². The molecule has 0 saturated carbocycles. The summed E-state index contributed by atoms with van der Waals surface area (Å²) in [7, 11) is 0. The van der Waals surface area contributed by atoms with Gasteiger partial charge in [0, 0.05) is 0 Å². The number of rotatable bonds is 16. The van der Waals surface area contributed by atoms with E-state index in [0.29, 0.717) is 0 Å². The fourth-order valence-electron chi connectivity index (χ4n) is 3.16. The highest BCUT2D eigenvalue weighted by atomic mass is 14.0. The molecule has 0 bridgehead atoms. The Kier molecular flexibility index (Phi) is 14.7. The SMILES string of the molecule is CCCCCCCCC=CCCCCCCCCc1cc[c]cc1. The molecule has 0 heterocycles. The minimum absolute atomic E-state index is 1.23. The third kappa shape index (κ3) is 13.4. The van der Waals surface area contributed by atoms with Gasteiger partial charge in [0.2, 0.25) is 0 Å². The fourth-order valence-corrected chi connectivity index (χ4v) is 3.16. The van der Waals surface area contributed by atoms with Crippen molar-refractivity contribution in [3.63, 3.8) is 0 Å². The van der Waals surface area contributed by atoms with Crippen molar-refractivity contribution in [2.45, 2.75) is 103 Å². The molecule has 0 unspecified atom stereocenters. The van der Waals surface area contributed by atoms with Gasteiger partial charge < -0.3 is 0 Å². The summed E-state index contributed by atoms with van der Waals surface area (Å²) in [5.41, 5.74) is 1.46. The van der Waals surface area contributed by atoms with E-state index in [9.17, 15) is 0 Å². The van der Waals surface area contributed by atoms with Gasteiger partial charge >= 0.3 is 0 Å². The zero-order valence-electron chi connectivity index (χ0n) is 16.1. The number of benzene rings is 1. The van der Waals surface area contributed by atoms with Crippen LogP contribution in [0.2, 0.25) is 0 Å². The summed E-state index contributed by atoms with van der Waals surface area (Å²) in [4.78, 5) is 0. The Bertz CT molecular complexity index is 376. The molecule has 1 aromatic rings. The quantitative estimate of drug-likeness (QED) is 0.213. The van der Waals surface area contributed by atoms with Crippen molar-refractivity contribution >= 4 is 0 Å². The summed E-state index contributed by atoms with van der Waals surface area (Å²) in [5, 5.41) is 0. The lowest BCUT2D eigenvalue weighted by Gasteiger charge is -2.02. The van der Waals surface area contributed by atoms with Crippen LogP contribution in [-0.2, 0) is 6.42 Å². The summed E-state index contributed by atoms with van der Waals surface area (Å²) < 4.78 is 0. The van der Waals surface area contributed by atoms with E-state index in [1.165, 1.54) is 102 Å². The van der Waals surface area contributed by atoms with E-state index in [0.717, 1.165) is 0 Å². The van der Waals surface area contributed by atoms with Gasteiger partial charge in [-0.1, -0.05) is 101 Å². The molecule has 135 valence electrons. The van der Waals surface area contributed by atoms with E-state index in [2.05, 4.69) is 37.3 Å². The molecule has 0 aliphatic carbocycles. The van der Waals surface area contributed by atoms with Crippen molar-refractivity contribution < 1.29 is 0 Å². The Labute approximate surface area is 151 Å². The molecule has 1 rings (SSSR count). The van der Waals surface area contributed by atoms with Gasteiger partial charge in [-0.15, -0.1) is 0 Å². The molecule has 0 atom stereocenters. The molecule has 1 aromatic carbocycles. The zero-order chi connectivity index (χ0) is 17.1. The average Bonchev–Trinajstić information content (AvgIpc) is 2.62. The van der Waals surface area contributed by atoms with Crippen LogP contribution in [0, 0.1) is 6.07 Å². The van der Waals surface area contributed by atoms with Gasteiger partial charge in [-0.3, -0.25) is 0 Å². The molecule has 0 spiro atoms. The van der Waals surface area contributed by atoms with Crippen LogP contribution in [0.25, 0.3) is 0 Å². The van der Waals surface area contributed by atoms with E-state index in [1.807, 2.05) is 12.1 Å². The average molecular weight is 328 g/mol. The highest BCUT2D eigenvalue weighted by molar-refractivity contribution is 5.13. The lowest BCUT2D eigenvalue weighted by atomic mass is 10.0. The van der Waals surface area contributed by atoms with Crippen LogP contribution in [-0.4, -0.2) is 0 Å². The number of allylic oxidation sites excluding steroid dienone is 2. The number of hydrogen-bond donors (Lipinski definition) is 0. The highest BCUT2D eigenvalue weighted by Crippen LogP contribution is 2.11. The summed E-state index contributed by atoms with van der Waals surface area (Å²) >= 11 is 0. The van der Waals surface area contributed by atoms with Crippen molar-refractivity contribution in [1.29, 1.82) is 0 Å². The molecule has 0 N–H and O–H groups in total. The first-order chi connectivity index (χ1) is 11.9. The molecule has 0 aliphatic rings. The second-order valence-corrected chi connectivity index (χ2v) is 7.10. The maximum atomic E-state index is 3.08. The largest absolute Gasteiger partial charge is 0.0885 e. The summed E-state index contributed by atoms with van der Waals surface area (Å²) in [6.45, 7) is 2.28. The minimum atomic E-state index is 1.23. The van der Waals surface area contributed by atoms with Gasteiger partial charge in [-0.05, 0) is 50.2 Å². The smallest absolute Gasteiger partial charge is 0.0184 e. The van der Waals surface area contributed by atoms with Gasteiger partial charge in [-0.2, -0.15) is 0 Å². The van der Waals surface area contributed by atoms with Crippen LogP contribution >= 0.6 is 0 Å². The van der Waals surface area contributed by atoms with Crippen molar-refractivity contribution in [1.82, 2.24) is 0 Å². The Hall–Kier alpha value is -1.04. The molecular weight excluding hydrogens is 288 g/mol. The molecule has 0 heteroatoms. The summed E-state index contributed by atoms with van der Waals surface area (Å²) in [5.74, 6) is 0. The topological polar surface area (TPSA) is 0 Å². The van der Waals surface area contributed by atoms with Crippen LogP contribution in [0.4, 0.5) is 0 Å². The van der Waals surface area contributed by atoms with Crippen molar-refractivity contribution in [2.24, 2.45) is 0 Å². The molecule has 24 heavy (non-hydrogen) atoms. The normalized spacial score (nSPS) is 11.4. The van der Waals surface area contributed by atoms with Gasteiger partial charge in [0.15, 0.2) is 0 Å². The van der Waals surface area contributed by atoms with Crippen molar-refractivity contribution in [3.8, 4) is 0 Å². The number of aryl methyl sites for hydroxylation is 1. The second-order valence-electron chi connectivity index (χ2n) is 7.10. The Balaban J connectivity index is 1.76. The van der Waals surface area contributed by atoms with E-state index >= 15 is 0 Å². The van der Waals surface area contributed by atoms with E-state index in [4.69, 9.17) is 0 Å². The maximum Gasteiger partial charge on any atom is -0.0184 e. The first-order valence-electron chi connectivity index (χ1n) is 10.5. The number of unbranched alkanes of at least 4 members (excludes halogenated alkanes) is 12. The third-order valence-electron chi connectivity index (χ3n) is 4.76. The molecular formula is C24H39. The maximum absolute atomic E-state index is 3.08. The summed E-state index contributed by atoms with van der Waals surface area (Å²) in [6.07, 6.45) is 25.4. The zero-order valence-corrected chi connectivity index (χ0v) is 16.1. The second kappa shape index (κ2) is 16.8. The standard InChI is InChI=1S/C24H39/c1-2-3-4-5-6-7-8-9-10-11-12-13-14-15-16-18-21-24-22-19-17-20-23-24/h9-10,19-20,22-23H,2-8,11-16,18,21H2,1H3. The summed E-state index contributed by atoms with van der Waals surface area (Å²) in [6, 6.07) is 11.5. The Morgan fingerprint density at radius 2 is 1.17 bits per heavy atom. The minimum Gasteiger partial charge on any atom is -0.0885 e. The van der Waals surface area contributed by atoms with Crippen LogP contribution < -0.4 is 0 Å². The molecule has 0 aromatic heterocycles. The fraction of sp³-hybridized carbons (Fsp3) is 0.667. The number of hydrogen-bond acceptors (Lipinski definition) is 0. The molecule has 1 radical (unpaired) electrons. The van der Waals surface area contributed by atoms with Gasteiger partial charge in [0.05, 0.1) is 0 Å². The van der Waals surface area contributed by atoms with Gasteiger partial charge in [0.1, 0.15) is 0 Å². The molecule has 0 amide bonds. The predicted molar refractivity (Wildman–Crippen MR) is 108 cm³/mol. The first kappa shape index (κ1) is 21.0. The lowest BCUT2D eigenvalue weighted by Crippen LogP contribution is -1.85. The van der Waals surface area contributed by atoms with Gasteiger partial charge in [0.25, 0.3) is 0 Å². The van der Waals surface area contributed by atoms with Crippen molar-refractivity contribution in [2.75, 3.05) is 0 Å². The molecule has 0 saturated heterocycles.